The van der Waals surface area contributed by atoms with E-state index in [2.05, 4.69) is 18.2 Å². The van der Waals surface area contributed by atoms with E-state index in [1.807, 2.05) is 24.3 Å². The van der Waals surface area contributed by atoms with E-state index in [4.69, 9.17) is 11.2 Å². The molecule has 1 fully saturated rings. The van der Waals surface area contributed by atoms with Crippen LogP contribution in [0.4, 0.5) is 0 Å². The Balaban J connectivity index is 1.84. The van der Waals surface area contributed by atoms with Crippen LogP contribution in [-0.2, 0) is 6.54 Å². The van der Waals surface area contributed by atoms with E-state index in [0.29, 0.717) is 13.1 Å². The predicted molar refractivity (Wildman–Crippen MR) is 85.1 cm³/mol. The standard InChI is InChI=1S/C18H25NO2/c1-3-12-21-17-7-5-4-6-16(17)13-19-14-18(20)10-8-15(2)9-11-18/h1,4-7,15,19-20H,8-14H2,2H3. The molecule has 1 aromatic carbocycles. The van der Waals surface area contributed by atoms with Gasteiger partial charge in [0.2, 0.25) is 0 Å². The highest BCUT2D eigenvalue weighted by atomic mass is 16.5. The number of para-hydroxylation sites is 1. The first-order valence-electron chi connectivity index (χ1n) is 7.70. The summed E-state index contributed by atoms with van der Waals surface area (Å²) in [7, 11) is 0. The Hall–Kier alpha value is -1.50. The summed E-state index contributed by atoms with van der Waals surface area (Å²) in [6, 6.07) is 7.86. The van der Waals surface area contributed by atoms with Gasteiger partial charge in [-0.05, 0) is 37.7 Å². The third-order valence-electron chi connectivity index (χ3n) is 4.26. The fourth-order valence-corrected chi connectivity index (χ4v) is 2.82. The molecule has 21 heavy (non-hydrogen) atoms. The van der Waals surface area contributed by atoms with Crippen molar-refractivity contribution in [2.45, 2.75) is 44.8 Å². The summed E-state index contributed by atoms with van der Waals surface area (Å²) < 4.78 is 5.53. The summed E-state index contributed by atoms with van der Waals surface area (Å²) in [5, 5.41) is 13.9. The van der Waals surface area contributed by atoms with Crippen molar-refractivity contribution in [1.29, 1.82) is 0 Å². The SMILES string of the molecule is C#CCOc1ccccc1CNCC1(O)CCC(C)CC1. The lowest BCUT2D eigenvalue weighted by Gasteiger charge is -2.35. The molecule has 0 amide bonds. The first-order chi connectivity index (χ1) is 10.1. The maximum atomic E-state index is 10.6. The molecule has 0 aromatic heterocycles. The zero-order valence-electron chi connectivity index (χ0n) is 12.8. The average Bonchev–Trinajstić information content (AvgIpc) is 2.50. The van der Waals surface area contributed by atoms with Crippen molar-refractivity contribution in [2.24, 2.45) is 5.92 Å². The number of hydrogen-bond donors (Lipinski definition) is 2. The van der Waals surface area contributed by atoms with E-state index >= 15 is 0 Å². The monoisotopic (exact) mass is 287 g/mol. The molecule has 114 valence electrons. The molecule has 1 aliphatic carbocycles. The van der Waals surface area contributed by atoms with Gasteiger partial charge in [0.1, 0.15) is 12.4 Å². The number of benzene rings is 1. The minimum absolute atomic E-state index is 0.277. The molecule has 1 saturated carbocycles. The Labute approximate surface area is 127 Å². The second-order valence-electron chi connectivity index (χ2n) is 6.11. The highest BCUT2D eigenvalue weighted by Crippen LogP contribution is 2.31. The van der Waals surface area contributed by atoms with Gasteiger partial charge in [-0.3, -0.25) is 0 Å². The molecule has 2 rings (SSSR count). The van der Waals surface area contributed by atoms with Crippen molar-refractivity contribution in [1.82, 2.24) is 5.32 Å². The first kappa shape index (κ1) is 15.9. The van der Waals surface area contributed by atoms with Gasteiger partial charge in [0, 0.05) is 18.7 Å². The summed E-state index contributed by atoms with van der Waals surface area (Å²) in [5.74, 6) is 4.03. The maximum absolute atomic E-state index is 10.6. The summed E-state index contributed by atoms with van der Waals surface area (Å²) in [6.45, 7) is 3.84. The van der Waals surface area contributed by atoms with Gasteiger partial charge in [-0.2, -0.15) is 0 Å². The number of rotatable bonds is 6. The van der Waals surface area contributed by atoms with E-state index in [1.54, 1.807) is 0 Å². The summed E-state index contributed by atoms with van der Waals surface area (Å²) in [6.07, 6.45) is 9.22. The lowest BCUT2D eigenvalue weighted by atomic mass is 9.79. The van der Waals surface area contributed by atoms with Crippen LogP contribution in [0.2, 0.25) is 0 Å². The van der Waals surface area contributed by atoms with Crippen molar-refractivity contribution >= 4 is 0 Å². The Bertz CT molecular complexity index is 484. The minimum Gasteiger partial charge on any atom is -0.481 e. The molecule has 0 atom stereocenters. The van der Waals surface area contributed by atoms with E-state index in [0.717, 1.165) is 42.9 Å². The normalized spacial score (nSPS) is 25.3. The van der Waals surface area contributed by atoms with Crippen LogP contribution in [0.3, 0.4) is 0 Å². The molecule has 1 aliphatic rings. The van der Waals surface area contributed by atoms with E-state index in [1.165, 1.54) is 0 Å². The number of aliphatic hydroxyl groups is 1. The van der Waals surface area contributed by atoms with Crippen LogP contribution in [0.15, 0.2) is 24.3 Å². The molecule has 2 N–H and O–H groups in total. The zero-order chi connectivity index (χ0) is 15.1. The summed E-state index contributed by atoms with van der Waals surface area (Å²) in [4.78, 5) is 0. The van der Waals surface area contributed by atoms with Gasteiger partial charge in [-0.1, -0.05) is 31.0 Å². The van der Waals surface area contributed by atoms with Crippen LogP contribution in [-0.4, -0.2) is 23.9 Å². The van der Waals surface area contributed by atoms with Crippen LogP contribution in [0.5, 0.6) is 5.75 Å². The highest BCUT2D eigenvalue weighted by molar-refractivity contribution is 5.33. The van der Waals surface area contributed by atoms with Gasteiger partial charge in [0.25, 0.3) is 0 Å². The summed E-state index contributed by atoms with van der Waals surface area (Å²) >= 11 is 0. The number of nitrogens with one attached hydrogen (secondary N) is 1. The molecule has 3 heteroatoms. The van der Waals surface area contributed by atoms with E-state index in [9.17, 15) is 5.11 Å². The van der Waals surface area contributed by atoms with Crippen LogP contribution in [0, 0.1) is 18.3 Å². The van der Waals surface area contributed by atoms with Gasteiger partial charge < -0.3 is 15.2 Å². The molecule has 0 aliphatic heterocycles. The van der Waals surface area contributed by atoms with Crippen LogP contribution in [0.25, 0.3) is 0 Å². The smallest absolute Gasteiger partial charge is 0.148 e. The second kappa shape index (κ2) is 7.49. The highest BCUT2D eigenvalue weighted by Gasteiger charge is 2.31. The third-order valence-corrected chi connectivity index (χ3v) is 4.26. The topological polar surface area (TPSA) is 41.5 Å². The van der Waals surface area contributed by atoms with Gasteiger partial charge in [0.05, 0.1) is 5.60 Å². The number of hydrogen-bond acceptors (Lipinski definition) is 3. The van der Waals surface area contributed by atoms with Crippen molar-refractivity contribution < 1.29 is 9.84 Å². The van der Waals surface area contributed by atoms with Crippen LogP contribution < -0.4 is 10.1 Å². The Morgan fingerprint density at radius 1 is 1.38 bits per heavy atom. The van der Waals surface area contributed by atoms with E-state index in [-0.39, 0.29) is 6.61 Å². The zero-order valence-corrected chi connectivity index (χ0v) is 12.8. The molecule has 0 spiro atoms. The van der Waals surface area contributed by atoms with Gasteiger partial charge in [-0.25, -0.2) is 0 Å². The lowest BCUT2D eigenvalue weighted by Crippen LogP contribution is -2.43. The molecule has 0 bridgehead atoms. The first-order valence-corrected chi connectivity index (χ1v) is 7.70. The van der Waals surface area contributed by atoms with Crippen molar-refractivity contribution in [3.05, 3.63) is 29.8 Å². The Morgan fingerprint density at radius 2 is 2.10 bits per heavy atom. The number of terminal acetylenes is 1. The Morgan fingerprint density at radius 3 is 2.81 bits per heavy atom. The molecule has 3 nitrogen and oxygen atoms in total. The minimum atomic E-state index is -0.554. The Kier molecular flexibility index (Phi) is 5.67. The van der Waals surface area contributed by atoms with Crippen molar-refractivity contribution in [3.63, 3.8) is 0 Å². The predicted octanol–water partition coefficient (Wildman–Crippen LogP) is 2.73. The molecular formula is C18H25NO2. The summed E-state index contributed by atoms with van der Waals surface area (Å²) in [5.41, 5.74) is 0.515. The molecule has 0 saturated heterocycles. The van der Waals surface area contributed by atoms with Crippen molar-refractivity contribution in [3.8, 4) is 18.1 Å². The molecular weight excluding hydrogens is 262 g/mol. The molecule has 0 unspecified atom stereocenters. The fraction of sp³-hybridized carbons (Fsp3) is 0.556. The largest absolute Gasteiger partial charge is 0.481 e. The molecule has 0 radical (unpaired) electrons. The molecule has 1 aromatic rings. The second-order valence-corrected chi connectivity index (χ2v) is 6.11. The van der Waals surface area contributed by atoms with Crippen LogP contribution in [0.1, 0.15) is 38.2 Å². The van der Waals surface area contributed by atoms with Gasteiger partial charge in [-0.15, -0.1) is 6.42 Å². The van der Waals surface area contributed by atoms with Crippen LogP contribution >= 0.6 is 0 Å². The molecule has 0 heterocycles. The van der Waals surface area contributed by atoms with Gasteiger partial charge in [0.15, 0.2) is 0 Å². The fourth-order valence-electron chi connectivity index (χ4n) is 2.82. The van der Waals surface area contributed by atoms with E-state index < -0.39 is 5.60 Å². The third kappa shape index (κ3) is 4.77. The maximum Gasteiger partial charge on any atom is 0.148 e. The number of ether oxygens (including phenoxy) is 1. The van der Waals surface area contributed by atoms with Gasteiger partial charge >= 0.3 is 0 Å². The quantitative estimate of drug-likeness (QED) is 0.791. The van der Waals surface area contributed by atoms with Crippen molar-refractivity contribution in [2.75, 3.05) is 13.2 Å². The lowest BCUT2D eigenvalue weighted by molar-refractivity contribution is -0.00633. The average molecular weight is 287 g/mol.